The molecule has 0 aliphatic rings. The number of pyridine rings is 1. The first-order valence-electron chi connectivity index (χ1n) is 11.2. The lowest BCUT2D eigenvalue weighted by molar-refractivity contribution is -0.116. The molecule has 0 bridgehead atoms. The summed E-state index contributed by atoms with van der Waals surface area (Å²) in [7, 11) is 1.57. The number of rotatable bonds is 16. The Kier molecular flexibility index (Phi) is 15.6. The summed E-state index contributed by atoms with van der Waals surface area (Å²) in [6.45, 7) is 2.24. The van der Waals surface area contributed by atoms with Crippen molar-refractivity contribution < 1.29 is 9.53 Å². The molecule has 4 nitrogen and oxygen atoms in total. The lowest BCUT2D eigenvalue weighted by Gasteiger charge is -2.04. The molecule has 164 valence electrons. The van der Waals surface area contributed by atoms with Gasteiger partial charge in [0.15, 0.2) is 0 Å². The summed E-state index contributed by atoms with van der Waals surface area (Å²) in [4.78, 5) is 16.0. The Bertz CT molecular complexity index is 673. The van der Waals surface area contributed by atoms with Crippen LogP contribution in [0.3, 0.4) is 0 Å². The molecule has 0 aromatic carbocycles. The molecule has 1 heterocycles. The van der Waals surface area contributed by atoms with Gasteiger partial charge in [0.05, 0.1) is 19.0 Å². The van der Waals surface area contributed by atoms with Crippen LogP contribution in [0.1, 0.15) is 71.1 Å². The lowest BCUT2D eigenvalue weighted by Crippen LogP contribution is -2.11. The van der Waals surface area contributed by atoms with Crippen molar-refractivity contribution in [1.82, 2.24) is 4.98 Å². The number of nitrogens with zero attached hydrogens (tertiary/aromatic N) is 1. The van der Waals surface area contributed by atoms with Gasteiger partial charge in [0.2, 0.25) is 11.8 Å². The summed E-state index contributed by atoms with van der Waals surface area (Å²) in [6.07, 6.45) is 29.6. The number of anilines is 1. The molecule has 1 aromatic heterocycles. The number of allylic oxidation sites excluding steroid dienone is 8. The fourth-order valence-electron chi connectivity index (χ4n) is 2.74. The SMILES string of the molecule is CCCCC/C=C\C/C=C\C/C=C\C/C=C\CCCC(=O)Nc1ccc(OC)nc1. The first kappa shape index (κ1) is 25.4. The molecule has 1 rings (SSSR count). The molecule has 0 spiro atoms. The number of unbranched alkanes of at least 4 members (excludes halogenated alkanes) is 4. The summed E-state index contributed by atoms with van der Waals surface area (Å²) >= 11 is 0. The van der Waals surface area contributed by atoms with Crippen LogP contribution in [0.15, 0.2) is 66.9 Å². The van der Waals surface area contributed by atoms with E-state index in [1.807, 2.05) is 0 Å². The first-order chi connectivity index (χ1) is 14.8. The molecule has 30 heavy (non-hydrogen) atoms. The van der Waals surface area contributed by atoms with E-state index >= 15 is 0 Å². The molecule has 1 aromatic rings. The van der Waals surface area contributed by atoms with E-state index in [9.17, 15) is 4.79 Å². The first-order valence-corrected chi connectivity index (χ1v) is 11.2. The number of carbonyl (C=O) groups is 1. The highest BCUT2D eigenvalue weighted by Crippen LogP contribution is 2.11. The van der Waals surface area contributed by atoms with Crippen molar-refractivity contribution in [2.45, 2.75) is 71.1 Å². The van der Waals surface area contributed by atoms with Crippen LogP contribution in [0, 0.1) is 0 Å². The second kappa shape index (κ2) is 18.4. The molecule has 0 saturated heterocycles. The highest BCUT2D eigenvalue weighted by atomic mass is 16.5. The van der Waals surface area contributed by atoms with Gasteiger partial charge in [-0.2, -0.15) is 0 Å². The summed E-state index contributed by atoms with van der Waals surface area (Å²) in [5.74, 6) is 0.548. The number of ether oxygens (including phenoxy) is 1. The number of methoxy groups -OCH3 is 1. The standard InChI is InChI=1S/C26H38N2O2/c1-3-4-5-6-7-8-9-10-11-12-13-14-15-16-17-18-19-20-25(29)28-24-21-22-26(30-2)27-23-24/h7-8,10-11,13-14,16-17,21-23H,3-6,9,12,15,18-20H2,1-2H3,(H,28,29)/b8-7-,11-10-,14-13-,17-16-. The Balaban J connectivity index is 2.00. The summed E-state index contributed by atoms with van der Waals surface area (Å²) in [6, 6.07) is 3.52. The zero-order valence-corrected chi connectivity index (χ0v) is 18.7. The smallest absolute Gasteiger partial charge is 0.224 e. The number of aromatic nitrogens is 1. The van der Waals surface area contributed by atoms with E-state index in [1.54, 1.807) is 25.4 Å². The highest BCUT2D eigenvalue weighted by molar-refractivity contribution is 5.90. The summed E-state index contributed by atoms with van der Waals surface area (Å²) < 4.78 is 5.00. The van der Waals surface area contributed by atoms with Crippen molar-refractivity contribution in [3.05, 3.63) is 66.9 Å². The van der Waals surface area contributed by atoms with Crippen LogP contribution in [0.2, 0.25) is 0 Å². The number of amides is 1. The molecular formula is C26H38N2O2. The van der Waals surface area contributed by atoms with E-state index in [2.05, 4.69) is 65.8 Å². The minimum Gasteiger partial charge on any atom is -0.481 e. The zero-order valence-electron chi connectivity index (χ0n) is 18.7. The van der Waals surface area contributed by atoms with Gasteiger partial charge in [-0.3, -0.25) is 4.79 Å². The van der Waals surface area contributed by atoms with E-state index in [0.29, 0.717) is 18.0 Å². The number of hydrogen-bond donors (Lipinski definition) is 1. The lowest BCUT2D eigenvalue weighted by atomic mass is 10.2. The summed E-state index contributed by atoms with van der Waals surface area (Å²) in [5.41, 5.74) is 0.693. The third-order valence-electron chi connectivity index (χ3n) is 4.46. The van der Waals surface area contributed by atoms with Crippen molar-refractivity contribution >= 4 is 11.6 Å². The normalized spacial score (nSPS) is 11.9. The Morgan fingerprint density at radius 2 is 1.50 bits per heavy atom. The average molecular weight is 411 g/mol. The van der Waals surface area contributed by atoms with Crippen molar-refractivity contribution in [1.29, 1.82) is 0 Å². The van der Waals surface area contributed by atoms with Crippen LogP contribution in [-0.2, 0) is 4.79 Å². The Morgan fingerprint density at radius 3 is 2.03 bits per heavy atom. The van der Waals surface area contributed by atoms with Crippen molar-refractivity contribution in [3.8, 4) is 5.88 Å². The minimum atomic E-state index is 0.0119. The Labute approximate surface area is 182 Å². The monoisotopic (exact) mass is 410 g/mol. The quantitative estimate of drug-likeness (QED) is 0.232. The van der Waals surface area contributed by atoms with E-state index in [1.165, 1.54) is 25.7 Å². The molecule has 1 amide bonds. The second-order valence-corrected chi connectivity index (χ2v) is 7.12. The van der Waals surface area contributed by atoms with Gasteiger partial charge in [-0.25, -0.2) is 4.98 Å². The predicted octanol–water partition coefficient (Wildman–Crippen LogP) is 7.17. The van der Waals surface area contributed by atoms with Crippen LogP contribution in [-0.4, -0.2) is 18.0 Å². The van der Waals surface area contributed by atoms with Crippen molar-refractivity contribution in [3.63, 3.8) is 0 Å². The highest BCUT2D eigenvalue weighted by Gasteiger charge is 2.02. The molecule has 0 fully saturated rings. The maximum absolute atomic E-state index is 11.9. The van der Waals surface area contributed by atoms with Gasteiger partial charge in [-0.05, 0) is 51.0 Å². The van der Waals surface area contributed by atoms with Crippen molar-refractivity contribution in [2.24, 2.45) is 0 Å². The summed E-state index contributed by atoms with van der Waals surface area (Å²) in [5, 5.41) is 2.84. The average Bonchev–Trinajstić information content (AvgIpc) is 2.76. The van der Waals surface area contributed by atoms with Gasteiger partial charge in [0.1, 0.15) is 0 Å². The number of nitrogens with one attached hydrogen (secondary N) is 1. The Morgan fingerprint density at radius 1 is 0.900 bits per heavy atom. The largest absolute Gasteiger partial charge is 0.481 e. The number of hydrogen-bond acceptors (Lipinski definition) is 3. The maximum Gasteiger partial charge on any atom is 0.224 e. The van der Waals surface area contributed by atoms with Gasteiger partial charge in [-0.1, -0.05) is 68.4 Å². The van der Waals surface area contributed by atoms with E-state index in [4.69, 9.17) is 4.74 Å². The minimum absolute atomic E-state index is 0.0119. The molecule has 0 saturated carbocycles. The molecule has 0 atom stereocenters. The van der Waals surface area contributed by atoms with Crippen LogP contribution >= 0.6 is 0 Å². The zero-order chi connectivity index (χ0) is 21.7. The third kappa shape index (κ3) is 14.4. The van der Waals surface area contributed by atoms with Gasteiger partial charge < -0.3 is 10.1 Å². The van der Waals surface area contributed by atoms with Crippen molar-refractivity contribution in [2.75, 3.05) is 12.4 Å². The maximum atomic E-state index is 11.9. The van der Waals surface area contributed by atoms with Gasteiger partial charge >= 0.3 is 0 Å². The molecule has 1 N–H and O–H groups in total. The van der Waals surface area contributed by atoms with Crippen LogP contribution < -0.4 is 10.1 Å². The van der Waals surface area contributed by atoms with Crippen LogP contribution in [0.5, 0.6) is 5.88 Å². The van der Waals surface area contributed by atoms with Gasteiger partial charge in [-0.15, -0.1) is 0 Å². The Hall–Kier alpha value is -2.62. The molecular weight excluding hydrogens is 372 g/mol. The van der Waals surface area contributed by atoms with Gasteiger partial charge in [0.25, 0.3) is 0 Å². The molecule has 0 aliphatic heterocycles. The van der Waals surface area contributed by atoms with E-state index < -0.39 is 0 Å². The predicted molar refractivity (Wildman–Crippen MR) is 128 cm³/mol. The fraction of sp³-hybridized carbons (Fsp3) is 0.462. The molecule has 0 radical (unpaired) electrons. The number of carbonyl (C=O) groups excluding carboxylic acids is 1. The topological polar surface area (TPSA) is 51.2 Å². The van der Waals surface area contributed by atoms with E-state index in [0.717, 1.165) is 32.1 Å². The third-order valence-corrected chi connectivity index (χ3v) is 4.46. The van der Waals surface area contributed by atoms with Gasteiger partial charge in [0, 0.05) is 12.5 Å². The fourth-order valence-corrected chi connectivity index (χ4v) is 2.74. The molecule has 0 aliphatic carbocycles. The van der Waals surface area contributed by atoms with Crippen LogP contribution in [0.4, 0.5) is 5.69 Å². The molecule has 0 unspecified atom stereocenters. The van der Waals surface area contributed by atoms with Crippen LogP contribution in [0.25, 0.3) is 0 Å². The molecule has 4 heteroatoms. The van der Waals surface area contributed by atoms with E-state index in [-0.39, 0.29) is 5.91 Å². The second-order valence-electron chi connectivity index (χ2n) is 7.12.